The molecular weight excluding hydrogens is 410 g/mol. The maximum atomic E-state index is 13.4. The lowest BCUT2D eigenvalue weighted by atomic mass is 9.93. The van der Waals surface area contributed by atoms with Crippen LogP contribution in [-0.4, -0.2) is 24.0 Å². The van der Waals surface area contributed by atoms with Gasteiger partial charge in [0.05, 0.1) is 12.1 Å². The Morgan fingerprint density at radius 3 is 2.07 bits per heavy atom. The van der Waals surface area contributed by atoms with Crippen molar-refractivity contribution in [3.63, 3.8) is 0 Å². The molecule has 0 unspecified atom stereocenters. The first-order chi connectivity index (χ1) is 13.1. The number of nitrogens with one attached hydrogen (secondary N) is 1. The molecule has 1 aliphatic heterocycles. The maximum Gasteiger partial charge on any atom is 0.128 e. The monoisotopic (exact) mass is 428 g/mol. The van der Waals surface area contributed by atoms with Crippen LogP contribution in [-0.2, 0) is 0 Å². The van der Waals surface area contributed by atoms with Gasteiger partial charge in [-0.25, -0.2) is 8.78 Å². The largest absolute Gasteiger partial charge is 0.380 e. The summed E-state index contributed by atoms with van der Waals surface area (Å²) in [5.74, 6) is -1.13. The van der Waals surface area contributed by atoms with Crippen LogP contribution in [0, 0.1) is 11.6 Å². The molecule has 0 spiro atoms. The third-order valence-corrected chi connectivity index (χ3v) is 5.34. The standard InChI is InChI=1S/C22H19BrF2N2/c23-17-8-6-16(7-9-17)22(15-4-2-1-3-5-15)27-13-21(14-27)26-20-11-18(24)10-19(25)12-20/h1-12,21-22,26H,13-14H2/t22-/m1/s1. The summed E-state index contributed by atoms with van der Waals surface area (Å²) >= 11 is 3.49. The van der Waals surface area contributed by atoms with Crippen molar-refractivity contribution in [2.24, 2.45) is 0 Å². The molecule has 0 aliphatic carbocycles. The van der Waals surface area contributed by atoms with Gasteiger partial charge in [-0.3, -0.25) is 4.90 Å². The summed E-state index contributed by atoms with van der Waals surface area (Å²) in [6.07, 6.45) is 0. The number of rotatable bonds is 5. The lowest BCUT2D eigenvalue weighted by Crippen LogP contribution is -2.56. The second kappa shape index (κ2) is 7.79. The summed E-state index contributed by atoms with van der Waals surface area (Å²) in [6, 6.07) is 22.6. The van der Waals surface area contributed by atoms with Gasteiger partial charge in [0.15, 0.2) is 0 Å². The third-order valence-electron chi connectivity index (χ3n) is 4.81. The molecule has 0 aromatic heterocycles. The highest BCUT2D eigenvalue weighted by Crippen LogP contribution is 2.33. The molecular formula is C22H19BrF2N2. The summed E-state index contributed by atoms with van der Waals surface area (Å²) in [5.41, 5.74) is 2.94. The number of likely N-dealkylation sites (tertiary alicyclic amines) is 1. The van der Waals surface area contributed by atoms with Gasteiger partial charge < -0.3 is 5.32 Å². The summed E-state index contributed by atoms with van der Waals surface area (Å²) in [5, 5.41) is 3.23. The van der Waals surface area contributed by atoms with E-state index in [1.165, 1.54) is 23.3 Å². The molecule has 0 amide bonds. The van der Waals surface area contributed by atoms with Crippen molar-refractivity contribution in [1.82, 2.24) is 4.90 Å². The molecule has 27 heavy (non-hydrogen) atoms. The zero-order valence-corrected chi connectivity index (χ0v) is 16.2. The first-order valence-electron chi connectivity index (χ1n) is 8.85. The lowest BCUT2D eigenvalue weighted by Gasteiger charge is -2.45. The van der Waals surface area contributed by atoms with E-state index in [1.807, 2.05) is 18.2 Å². The first-order valence-corrected chi connectivity index (χ1v) is 9.65. The van der Waals surface area contributed by atoms with Crippen LogP contribution in [0.15, 0.2) is 77.3 Å². The molecule has 1 atom stereocenters. The van der Waals surface area contributed by atoms with Crippen LogP contribution in [0.25, 0.3) is 0 Å². The van der Waals surface area contributed by atoms with Crippen molar-refractivity contribution in [2.75, 3.05) is 18.4 Å². The number of hydrogen-bond acceptors (Lipinski definition) is 2. The molecule has 3 aromatic carbocycles. The van der Waals surface area contributed by atoms with Gasteiger partial charge in [-0.2, -0.15) is 0 Å². The molecule has 3 aromatic rings. The Hall–Kier alpha value is -2.24. The predicted molar refractivity (Wildman–Crippen MR) is 108 cm³/mol. The summed E-state index contributed by atoms with van der Waals surface area (Å²) in [7, 11) is 0. The fraction of sp³-hybridized carbons (Fsp3) is 0.182. The number of nitrogens with zero attached hydrogens (tertiary/aromatic N) is 1. The minimum absolute atomic E-state index is 0.154. The Bertz CT molecular complexity index is 889. The second-order valence-corrected chi connectivity index (χ2v) is 7.73. The molecule has 1 fully saturated rings. The minimum atomic E-state index is -0.564. The van der Waals surface area contributed by atoms with Gasteiger partial charge in [0, 0.05) is 29.3 Å². The highest BCUT2D eigenvalue weighted by molar-refractivity contribution is 9.10. The molecule has 1 aliphatic rings. The van der Waals surface area contributed by atoms with Crippen molar-refractivity contribution in [1.29, 1.82) is 0 Å². The van der Waals surface area contributed by atoms with Gasteiger partial charge in [-0.05, 0) is 35.4 Å². The third kappa shape index (κ3) is 4.20. The van der Waals surface area contributed by atoms with Gasteiger partial charge in [0.1, 0.15) is 11.6 Å². The Kier molecular flexibility index (Phi) is 5.23. The fourth-order valence-corrected chi connectivity index (χ4v) is 3.85. The highest BCUT2D eigenvalue weighted by Gasteiger charge is 2.34. The van der Waals surface area contributed by atoms with Gasteiger partial charge >= 0.3 is 0 Å². The van der Waals surface area contributed by atoms with Crippen molar-refractivity contribution in [3.8, 4) is 0 Å². The van der Waals surface area contributed by atoms with E-state index < -0.39 is 11.6 Å². The van der Waals surface area contributed by atoms with E-state index in [2.05, 4.69) is 62.5 Å². The van der Waals surface area contributed by atoms with Crippen molar-refractivity contribution >= 4 is 21.6 Å². The van der Waals surface area contributed by atoms with Crippen LogP contribution in [0.3, 0.4) is 0 Å². The average Bonchev–Trinajstić information content (AvgIpc) is 2.61. The maximum absolute atomic E-state index is 13.4. The van der Waals surface area contributed by atoms with Gasteiger partial charge in [-0.15, -0.1) is 0 Å². The van der Waals surface area contributed by atoms with E-state index in [1.54, 1.807) is 0 Å². The van der Waals surface area contributed by atoms with Crippen LogP contribution in [0.1, 0.15) is 17.2 Å². The van der Waals surface area contributed by atoms with Crippen LogP contribution in [0.2, 0.25) is 0 Å². The Morgan fingerprint density at radius 2 is 1.44 bits per heavy atom. The summed E-state index contributed by atoms with van der Waals surface area (Å²) < 4.78 is 27.8. The number of benzene rings is 3. The quantitative estimate of drug-likeness (QED) is 0.567. The molecule has 0 radical (unpaired) electrons. The number of halogens is 3. The first kappa shape index (κ1) is 18.1. The molecule has 4 rings (SSSR count). The van der Waals surface area contributed by atoms with E-state index in [4.69, 9.17) is 0 Å². The van der Waals surface area contributed by atoms with Crippen molar-refractivity contribution in [2.45, 2.75) is 12.1 Å². The van der Waals surface area contributed by atoms with Crippen molar-refractivity contribution in [3.05, 3.63) is 100 Å². The average molecular weight is 429 g/mol. The van der Waals surface area contributed by atoms with E-state index in [0.717, 1.165) is 23.6 Å². The zero-order chi connectivity index (χ0) is 18.8. The minimum Gasteiger partial charge on any atom is -0.380 e. The van der Waals surface area contributed by atoms with Crippen LogP contribution >= 0.6 is 15.9 Å². The Morgan fingerprint density at radius 1 is 0.852 bits per heavy atom. The number of anilines is 1. The normalized spacial score (nSPS) is 16.0. The summed E-state index contributed by atoms with van der Waals surface area (Å²) in [4.78, 5) is 2.37. The molecule has 0 saturated carbocycles. The molecule has 0 bridgehead atoms. The smallest absolute Gasteiger partial charge is 0.128 e. The Labute approximate surface area is 166 Å². The van der Waals surface area contributed by atoms with Crippen LogP contribution < -0.4 is 5.32 Å². The SMILES string of the molecule is Fc1cc(F)cc(NC2CN([C@H](c3ccccc3)c3ccc(Br)cc3)C2)c1. The molecule has 2 nitrogen and oxygen atoms in total. The van der Waals surface area contributed by atoms with Gasteiger partial charge in [-0.1, -0.05) is 58.4 Å². The van der Waals surface area contributed by atoms with Crippen molar-refractivity contribution < 1.29 is 8.78 Å². The zero-order valence-electron chi connectivity index (χ0n) is 14.6. The molecule has 1 heterocycles. The molecule has 5 heteroatoms. The van der Waals surface area contributed by atoms with E-state index in [9.17, 15) is 8.78 Å². The van der Waals surface area contributed by atoms with Crippen LogP contribution in [0.5, 0.6) is 0 Å². The Balaban J connectivity index is 1.50. The number of hydrogen-bond donors (Lipinski definition) is 1. The van der Waals surface area contributed by atoms with E-state index >= 15 is 0 Å². The molecule has 138 valence electrons. The van der Waals surface area contributed by atoms with E-state index in [-0.39, 0.29) is 12.1 Å². The van der Waals surface area contributed by atoms with E-state index in [0.29, 0.717) is 5.69 Å². The van der Waals surface area contributed by atoms with Gasteiger partial charge in [0.25, 0.3) is 0 Å². The molecule has 1 N–H and O–H groups in total. The predicted octanol–water partition coefficient (Wildman–Crippen LogP) is 5.61. The molecule has 1 saturated heterocycles. The topological polar surface area (TPSA) is 15.3 Å². The summed E-state index contributed by atoms with van der Waals surface area (Å²) in [6.45, 7) is 1.60. The second-order valence-electron chi connectivity index (χ2n) is 6.82. The fourth-order valence-electron chi connectivity index (χ4n) is 3.58. The lowest BCUT2D eigenvalue weighted by molar-refractivity contribution is 0.123. The van der Waals surface area contributed by atoms with Crippen LogP contribution in [0.4, 0.5) is 14.5 Å². The highest BCUT2D eigenvalue weighted by atomic mass is 79.9. The van der Waals surface area contributed by atoms with Gasteiger partial charge in [0.2, 0.25) is 0 Å².